The first-order valence-electron chi connectivity index (χ1n) is 3.62. The molecule has 0 aromatic heterocycles. The van der Waals surface area contributed by atoms with Crippen LogP contribution in [-0.2, 0) is 5.33 Å². The summed E-state index contributed by atoms with van der Waals surface area (Å²) < 4.78 is 5.08. The lowest BCUT2D eigenvalue weighted by Crippen LogP contribution is -1.94. The highest BCUT2D eigenvalue weighted by Gasteiger charge is 2.01. The summed E-state index contributed by atoms with van der Waals surface area (Å²) in [6, 6.07) is 7.35. The Kier molecular flexibility index (Phi) is 4.07. The third-order valence-electron chi connectivity index (χ3n) is 1.44. The molecule has 68 valence electrons. The molecule has 1 rings (SSSR count). The van der Waals surface area contributed by atoms with Gasteiger partial charge in [-0.15, -0.1) is 0 Å². The molecule has 0 spiro atoms. The topological polar surface area (TPSA) is 33.0 Å². The Morgan fingerprint density at radius 1 is 1.54 bits per heavy atom. The first-order chi connectivity index (χ1) is 6.27. The lowest BCUT2D eigenvalue weighted by Gasteiger charge is -2.04. The van der Waals surface area contributed by atoms with Gasteiger partial charge in [0.05, 0.1) is 5.02 Å². The van der Waals surface area contributed by atoms with Gasteiger partial charge in [-0.2, -0.15) is 5.26 Å². The lowest BCUT2D eigenvalue weighted by atomic mass is 10.2. The lowest BCUT2D eigenvalue weighted by molar-refractivity contribution is 0.368. The van der Waals surface area contributed by atoms with E-state index in [1.807, 2.05) is 18.2 Å². The van der Waals surface area contributed by atoms with Crippen LogP contribution in [-0.4, -0.2) is 6.61 Å². The molecule has 0 aliphatic rings. The van der Waals surface area contributed by atoms with Crippen LogP contribution in [0.4, 0.5) is 0 Å². The van der Waals surface area contributed by atoms with E-state index in [0.717, 1.165) is 10.9 Å². The first kappa shape index (κ1) is 10.4. The summed E-state index contributed by atoms with van der Waals surface area (Å²) in [4.78, 5) is 0. The summed E-state index contributed by atoms with van der Waals surface area (Å²) in [6.45, 7) is 0.0212. The molecule has 0 atom stereocenters. The molecule has 0 N–H and O–H groups in total. The van der Waals surface area contributed by atoms with Crippen molar-refractivity contribution in [2.75, 3.05) is 6.61 Å². The van der Waals surface area contributed by atoms with Crippen molar-refractivity contribution in [2.45, 2.75) is 5.33 Å². The van der Waals surface area contributed by atoms with Gasteiger partial charge in [-0.1, -0.05) is 33.6 Å². The highest BCUT2D eigenvalue weighted by Crippen LogP contribution is 2.26. The second-order valence-electron chi connectivity index (χ2n) is 2.35. The predicted octanol–water partition coefficient (Wildman–Crippen LogP) is 3.14. The van der Waals surface area contributed by atoms with E-state index in [1.165, 1.54) is 0 Å². The van der Waals surface area contributed by atoms with Crippen LogP contribution in [0.25, 0.3) is 0 Å². The molecule has 0 fully saturated rings. The third kappa shape index (κ3) is 2.91. The van der Waals surface area contributed by atoms with E-state index in [2.05, 4.69) is 15.9 Å². The fraction of sp³-hybridized carbons (Fsp3) is 0.222. The SMILES string of the molecule is N#CCOc1ccc(CBr)cc1Cl. The van der Waals surface area contributed by atoms with E-state index in [9.17, 15) is 0 Å². The summed E-state index contributed by atoms with van der Waals surface area (Å²) in [5.41, 5.74) is 1.08. The monoisotopic (exact) mass is 259 g/mol. The number of alkyl halides is 1. The van der Waals surface area contributed by atoms with Gasteiger partial charge in [0.2, 0.25) is 0 Å². The molecule has 0 amide bonds. The second kappa shape index (κ2) is 5.11. The maximum atomic E-state index is 8.29. The van der Waals surface area contributed by atoms with E-state index in [1.54, 1.807) is 6.07 Å². The molecule has 0 saturated heterocycles. The van der Waals surface area contributed by atoms with Crippen molar-refractivity contribution in [3.8, 4) is 11.8 Å². The highest BCUT2D eigenvalue weighted by molar-refractivity contribution is 9.08. The van der Waals surface area contributed by atoms with Gasteiger partial charge in [-0.05, 0) is 17.7 Å². The first-order valence-corrected chi connectivity index (χ1v) is 5.12. The number of benzene rings is 1. The molecule has 1 aromatic rings. The van der Waals surface area contributed by atoms with Crippen molar-refractivity contribution in [3.63, 3.8) is 0 Å². The van der Waals surface area contributed by atoms with E-state index < -0.39 is 0 Å². The zero-order valence-electron chi connectivity index (χ0n) is 6.76. The third-order valence-corrected chi connectivity index (χ3v) is 2.39. The largest absolute Gasteiger partial charge is 0.477 e. The molecule has 4 heteroatoms. The van der Waals surface area contributed by atoms with Gasteiger partial charge < -0.3 is 4.74 Å². The maximum Gasteiger partial charge on any atom is 0.174 e. The summed E-state index contributed by atoms with van der Waals surface area (Å²) in [5.74, 6) is 0.549. The maximum absolute atomic E-state index is 8.29. The van der Waals surface area contributed by atoms with Gasteiger partial charge in [0, 0.05) is 5.33 Å². The Morgan fingerprint density at radius 2 is 2.31 bits per heavy atom. The van der Waals surface area contributed by atoms with Gasteiger partial charge in [-0.25, -0.2) is 0 Å². The molecular weight excluding hydrogens is 253 g/mol. The fourth-order valence-electron chi connectivity index (χ4n) is 0.855. The molecule has 0 heterocycles. The number of nitriles is 1. The van der Waals surface area contributed by atoms with Gasteiger partial charge in [-0.3, -0.25) is 0 Å². The van der Waals surface area contributed by atoms with Crippen LogP contribution in [0.1, 0.15) is 5.56 Å². The zero-order valence-corrected chi connectivity index (χ0v) is 9.10. The summed E-state index contributed by atoms with van der Waals surface area (Å²) in [6.07, 6.45) is 0. The van der Waals surface area contributed by atoms with Crippen molar-refractivity contribution in [1.82, 2.24) is 0 Å². The molecule has 0 bridgehead atoms. The van der Waals surface area contributed by atoms with E-state index in [-0.39, 0.29) is 6.61 Å². The van der Waals surface area contributed by atoms with Crippen LogP contribution < -0.4 is 4.74 Å². The van der Waals surface area contributed by atoms with E-state index in [0.29, 0.717) is 10.8 Å². The van der Waals surface area contributed by atoms with Gasteiger partial charge in [0.15, 0.2) is 6.61 Å². The number of hydrogen-bond acceptors (Lipinski definition) is 2. The zero-order chi connectivity index (χ0) is 9.68. The van der Waals surface area contributed by atoms with Crippen LogP contribution in [0.15, 0.2) is 18.2 Å². The molecule has 1 aromatic carbocycles. The Bertz CT molecular complexity index is 335. The number of rotatable bonds is 3. The van der Waals surface area contributed by atoms with Gasteiger partial charge in [0.1, 0.15) is 11.8 Å². The van der Waals surface area contributed by atoms with Crippen LogP contribution in [0.3, 0.4) is 0 Å². The summed E-state index contributed by atoms with van der Waals surface area (Å²) >= 11 is 9.21. The van der Waals surface area contributed by atoms with Crippen LogP contribution in [0, 0.1) is 11.3 Å². The average molecular weight is 261 g/mol. The summed E-state index contributed by atoms with van der Waals surface area (Å²) in [7, 11) is 0. The Hall–Kier alpha value is -0.720. The molecule has 0 unspecified atom stereocenters. The fourth-order valence-corrected chi connectivity index (χ4v) is 1.46. The molecular formula is C9H7BrClNO. The van der Waals surface area contributed by atoms with Crippen molar-refractivity contribution >= 4 is 27.5 Å². The standard InChI is InChI=1S/C9H7BrClNO/c10-6-7-1-2-9(8(11)5-7)13-4-3-12/h1-2,5H,4,6H2. The molecule has 0 saturated carbocycles. The minimum Gasteiger partial charge on any atom is -0.477 e. The molecule has 0 aliphatic carbocycles. The highest BCUT2D eigenvalue weighted by atomic mass is 79.9. The van der Waals surface area contributed by atoms with Crippen molar-refractivity contribution in [2.24, 2.45) is 0 Å². The minimum absolute atomic E-state index is 0.0212. The Morgan fingerprint density at radius 3 is 2.85 bits per heavy atom. The molecule has 0 aliphatic heterocycles. The quantitative estimate of drug-likeness (QED) is 0.782. The second-order valence-corrected chi connectivity index (χ2v) is 3.31. The van der Waals surface area contributed by atoms with Crippen LogP contribution in [0.2, 0.25) is 5.02 Å². The van der Waals surface area contributed by atoms with Crippen LogP contribution in [0.5, 0.6) is 5.75 Å². The average Bonchev–Trinajstić information content (AvgIpc) is 2.16. The molecule has 2 nitrogen and oxygen atoms in total. The Balaban J connectivity index is 2.80. The predicted molar refractivity (Wildman–Crippen MR) is 55.2 cm³/mol. The van der Waals surface area contributed by atoms with Gasteiger partial charge >= 0.3 is 0 Å². The summed E-state index contributed by atoms with van der Waals surface area (Å²) in [5, 5.41) is 9.58. The number of halogens is 2. The van der Waals surface area contributed by atoms with Crippen LogP contribution >= 0.6 is 27.5 Å². The smallest absolute Gasteiger partial charge is 0.174 e. The van der Waals surface area contributed by atoms with E-state index in [4.69, 9.17) is 21.6 Å². The van der Waals surface area contributed by atoms with E-state index >= 15 is 0 Å². The van der Waals surface area contributed by atoms with Gasteiger partial charge in [0.25, 0.3) is 0 Å². The molecule has 0 radical (unpaired) electrons. The Labute approximate surface area is 90.2 Å². The minimum atomic E-state index is 0.0212. The van der Waals surface area contributed by atoms with Crippen molar-refractivity contribution in [3.05, 3.63) is 28.8 Å². The van der Waals surface area contributed by atoms with Crippen molar-refractivity contribution < 1.29 is 4.74 Å². The number of nitrogens with zero attached hydrogens (tertiary/aromatic N) is 1. The normalized spacial score (nSPS) is 9.31. The van der Waals surface area contributed by atoms with Crippen molar-refractivity contribution in [1.29, 1.82) is 5.26 Å². The number of ether oxygens (including phenoxy) is 1. The molecule has 13 heavy (non-hydrogen) atoms. The number of hydrogen-bond donors (Lipinski definition) is 0.